The lowest BCUT2D eigenvalue weighted by Gasteiger charge is -2.10. The van der Waals surface area contributed by atoms with Crippen LogP contribution >= 0.6 is 11.6 Å². The van der Waals surface area contributed by atoms with E-state index >= 15 is 0 Å². The minimum Gasteiger partial charge on any atom is -0.382 e. The Bertz CT molecular complexity index is 622. The summed E-state index contributed by atoms with van der Waals surface area (Å²) in [4.78, 5) is 0. The van der Waals surface area contributed by atoms with Gasteiger partial charge in [-0.25, -0.2) is 4.68 Å². The van der Waals surface area contributed by atoms with Crippen LogP contribution in [-0.2, 0) is 0 Å². The van der Waals surface area contributed by atoms with Crippen LogP contribution in [0.3, 0.4) is 0 Å². The van der Waals surface area contributed by atoms with Gasteiger partial charge in [0.25, 0.3) is 0 Å². The van der Waals surface area contributed by atoms with Crippen LogP contribution in [0.25, 0.3) is 5.69 Å². The molecule has 0 amide bonds. The molecule has 86 valence electrons. The van der Waals surface area contributed by atoms with Gasteiger partial charge in [-0.3, -0.25) is 0 Å². The van der Waals surface area contributed by atoms with Crippen LogP contribution in [0, 0.1) is 25.2 Å². The molecule has 0 saturated carbocycles. The number of nitriles is 1. The normalized spacial score (nSPS) is 10.2. The van der Waals surface area contributed by atoms with E-state index in [0.29, 0.717) is 22.1 Å². The van der Waals surface area contributed by atoms with Crippen LogP contribution in [0.4, 0.5) is 5.82 Å². The average Bonchev–Trinajstić information content (AvgIpc) is 2.68. The number of aromatic nitrogens is 2. The summed E-state index contributed by atoms with van der Waals surface area (Å²) in [5.41, 5.74) is 8.94. The fraction of sp³-hybridized carbons (Fsp3) is 0.167. The molecule has 1 aromatic carbocycles. The van der Waals surface area contributed by atoms with E-state index in [4.69, 9.17) is 22.6 Å². The molecule has 1 aromatic heterocycles. The summed E-state index contributed by atoms with van der Waals surface area (Å²) in [6.07, 6.45) is 1.43. The van der Waals surface area contributed by atoms with Crippen LogP contribution < -0.4 is 5.73 Å². The zero-order chi connectivity index (χ0) is 12.6. The lowest BCUT2D eigenvalue weighted by molar-refractivity contribution is 0.889. The number of halogens is 1. The van der Waals surface area contributed by atoms with Crippen molar-refractivity contribution in [3.63, 3.8) is 0 Å². The third kappa shape index (κ3) is 1.75. The fourth-order valence-corrected chi connectivity index (χ4v) is 1.86. The molecule has 0 unspecified atom stereocenters. The predicted octanol–water partition coefficient (Wildman–Crippen LogP) is 2.60. The summed E-state index contributed by atoms with van der Waals surface area (Å²) in [6.45, 7) is 3.92. The molecule has 0 spiro atoms. The topological polar surface area (TPSA) is 67.6 Å². The Morgan fingerprint density at radius 2 is 2.12 bits per heavy atom. The largest absolute Gasteiger partial charge is 0.382 e. The highest BCUT2D eigenvalue weighted by atomic mass is 35.5. The Kier molecular flexibility index (Phi) is 2.78. The standard InChI is InChI=1S/C12H11ClN4/c1-7-3-4-10(11(13)8(7)2)17-12(15)9(5-14)6-16-17/h3-4,6H,15H2,1-2H3. The summed E-state index contributed by atoms with van der Waals surface area (Å²) in [5.74, 6) is 0.303. The van der Waals surface area contributed by atoms with Crippen LogP contribution in [0.1, 0.15) is 16.7 Å². The summed E-state index contributed by atoms with van der Waals surface area (Å²) < 4.78 is 1.48. The Balaban J connectivity index is 2.66. The Labute approximate surface area is 104 Å². The van der Waals surface area contributed by atoms with E-state index in [1.807, 2.05) is 32.0 Å². The van der Waals surface area contributed by atoms with E-state index in [1.54, 1.807) is 0 Å². The van der Waals surface area contributed by atoms with Gasteiger partial charge in [-0.2, -0.15) is 10.4 Å². The predicted molar refractivity (Wildman–Crippen MR) is 67.2 cm³/mol. The van der Waals surface area contributed by atoms with Crippen molar-refractivity contribution in [1.82, 2.24) is 9.78 Å². The molecule has 0 bridgehead atoms. The number of nitrogens with two attached hydrogens (primary N) is 1. The summed E-state index contributed by atoms with van der Waals surface area (Å²) >= 11 is 6.26. The number of anilines is 1. The number of benzene rings is 1. The van der Waals surface area contributed by atoms with Crippen molar-refractivity contribution in [2.75, 3.05) is 5.73 Å². The molecule has 4 nitrogen and oxygen atoms in total. The van der Waals surface area contributed by atoms with Gasteiger partial charge in [-0.15, -0.1) is 0 Å². The van der Waals surface area contributed by atoms with E-state index in [9.17, 15) is 0 Å². The first-order valence-corrected chi connectivity index (χ1v) is 5.43. The number of hydrogen-bond donors (Lipinski definition) is 1. The first-order chi connectivity index (χ1) is 8.06. The lowest BCUT2D eigenvalue weighted by Crippen LogP contribution is -2.04. The average molecular weight is 247 g/mol. The molecule has 17 heavy (non-hydrogen) atoms. The smallest absolute Gasteiger partial charge is 0.145 e. The Morgan fingerprint density at radius 1 is 1.41 bits per heavy atom. The van der Waals surface area contributed by atoms with Gasteiger partial charge in [0.1, 0.15) is 17.5 Å². The molecule has 0 atom stereocenters. The third-order valence-corrected chi connectivity index (χ3v) is 3.27. The minimum atomic E-state index is 0.303. The summed E-state index contributed by atoms with van der Waals surface area (Å²) in [5, 5.41) is 13.5. The van der Waals surface area contributed by atoms with Crippen molar-refractivity contribution < 1.29 is 0 Å². The maximum absolute atomic E-state index is 8.83. The second kappa shape index (κ2) is 4.11. The van der Waals surface area contributed by atoms with Gasteiger partial charge in [0, 0.05) is 0 Å². The maximum atomic E-state index is 8.83. The first-order valence-electron chi connectivity index (χ1n) is 5.06. The second-order valence-corrected chi connectivity index (χ2v) is 4.19. The summed E-state index contributed by atoms with van der Waals surface area (Å²) in [7, 11) is 0. The van der Waals surface area contributed by atoms with Crippen LogP contribution in [0.15, 0.2) is 18.3 Å². The molecule has 1 heterocycles. The zero-order valence-corrected chi connectivity index (χ0v) is 10.3. The van der Waals surface area contributed by atoms with Gasteiger partial charge in [0.2, 0.25) is 0 Å². The highest BCUT2D eigenvalue weighted by Gasteiger charge is 2.13. The third-order valence-electron chi connectivity index (χ3n) is 2.79. The highest BCUT2D eigenvalue weighted by Crippen LogP contribution is 2.28. The van der Waals surface area contributed by atoms with Crippen molar-refractivity contribution in [1.29, 1.82) is 5.26 Å². The van der Waals surface area contributed by atoms with Crippen molar-refractivity contribution in [3.05, 3.63) is 40.0 Å². The molecule has 0 radical (unpaired) electrons. The molecule has 2 N–H and O–H groups in total. The number of nitrogens with zero attached hydrogens (tertiary/aromatic N) is 3. The molecule has 2 aromatic rings. The van der Waals surface area contributed by atoms with Crippen molar-refractivity contribution in [2.45, 2.75) is 13.8 Å². The van der Waals surface area contributed by atoms with Gasteiger partial charge in [0.05, 0.1) is 16.9 Å². The van der Waals surface area contributed by atoms with E-state index in [-0.39, 0.29) is 0 Å². The number of hydrogen-bond acceptors (Lipinski definition) is 3. The molecule has 0 fully saturated rings. The highest BCUT2D eigenvalue weighted by molar-refractivity contribution is 6.33. The first kappa shape index (κ1) is 11.5. The van der Waals surface area contributed by atoms with Gasteiger partial charge in [0.15, 0.2) is 0 Å². The molecule has 5 heteroatoms. The van der Waals surface area contributed by atoms with Gasteiger partial charge in [-0.1, -0.05) is 17.7 Å². The quantitative estimate of drug-likeness (QED) is 0.841. The Morgan fingerprint density at radius 3 is 2.71 bits per heavy atom. The SMILES string of the molecule is Cc1ccc(-n2ncc(C#N)c2N)c(Cl)c1C. The number of rotatable bonds is 1. The van der Waals surface area contributed by atoms with E-state index in [1.165, 1.54) is 10.9 Å². The molecule has 0 aliphatic rings. The number of aryl methyl sites for hydroxylation is 1. The molecule has 0 aliphatic heterocycles. The number of nitrogen functional groups attached to an aromatic ring is 1. The molecule has 0 aliphatic carbocycles. The van der Waals surface area contributed by atoms with Gasteiger partial charge < -0.3 is 5.73 Å². The van der Waals surface area contributed by atoms with E-state index in [2.05, 4.69) is 5.10 Å². The van der Waals surface area contributed by atoms with E-state index in [0.717, 1.165) is 11.1 Å². The molecular formula is C12H11ClN4. The minimum absolute atomic E-state index is 0.303. The van der Waals surface area contributed by atoms with Crippen LogP contribution in [0.5, 0.6) is 0 Å². The summed E-state index contributed by atoms with van der Waals surface area (Å²) in [6, 6.07) is 5.77. The second-order valence-electron chi connectivity index (χ2n) is 3.81. The van der Waals surface area contributed by atoms with Crippen LogP contribution in [-0.4, -0.2) is 9.78 Å². The van der Waals surface area contributed by atoms with Crippen molar-refractivity contribution in [2.24, 2.45) is 0 Å². The lowest BCUT2D eigenvalue weighted by atomic mass is 10.1. The molecule has 0 saturated heterocycles. The van der Waals surface area contributed by atoms with Crippen molar-refractivity contribution >= 4 is 17.4 Å². The van der Waals surface area contributed by atoms with E-state index < -0.39 is 0 Å². The van der Waals surface area contributed by atoms with Gasteiger partial charge >= 0.3 is 0 Å². The fourth-order valence-electron chi connectivity index (χ4n) is 1.57. The molecule has 2 rings (SSSR count). The monoisotopic (exact) mass is 246 g/mol. The van der Waals surface area contributed by atoms with Gasteiger partial charge in [-0.05, 0) is 31.0 Å². The van der Waals surface area contributed by atoms with Crippen LogP contribution in [0.2, 0.25) is 5.02 Å². The van der Waals surface area contributed by atoms with Crippen molar-refractivity contribution in [3.8, 4) is 11.8 Å². The molecular weight excluding hydrogens is 236 g/mol. The zero-order valence-electron chi connectivity index (χ0n) is 9.53. The maximum Gasteiger partial charge on any atom is 0.145 e. The Hall–Kier alpha value is -1.99.